The van der Waals surface area contributed by atoms with Crippen LogP contribution >= 0.6 is 11.8 Å². The number of aryl methyl sites for hydroxylation is 2. The molecule has 0 saturated carbocycles. The zero-order valence-corrected chi connectivity index (χ0v) is 18.3. The molecular weight excluding hydrogens is 394 g/mol. The number of aliphatic carboxylic acids is 1. The Hall–Kier alpha value is -2.10. The van der Waals surface area contributed by atoms with Gasteiger partial charge in [-0.05, 0) is 31.4 Å². The highest BCUT2D eigenvalue weighted by Crippen LogP contribution is 2.28. The van der Waals surface area contributed by atoms with Crippen LogP contribution in [-0.2, 0) is 25.5 Å². The zero-order valence-electron chi connectivity index (χ0n) is 17.4. The molecule has 1 aromatic carbocycles. The van der Waals surface area contributed by atoms with Crippen molar-refractivity contribution < 1.29 is 24.2 Å². The number of carbonyl (C=O) groups is 3. The van der Waals surface area contributed by atoms with Crippen LogP contribution in [0.15, 0.2) is 18.2 Å². The average molecular weight is 426 g/mol. The number of methoxy groups -OCH3 is 1. The molecule has 29 heavy (non-hydrogen) atoms. The largest absolute Gasteiger partial charge is 0.480 e. The Bertz CT molecular complexity index is 713. The fourth-order valence-electron chi connectivity index (χ4n) is 2.97. The van der Waals surface area contributed by atoms with E-state index in [4.69, 9.17) is 15.6 Å². The van der Waals surface area contributed by atoms with E-state index in [0.29, 0.717) is 6.61 Å². The minimum atomic E-state index is -1.14. The highest BCUT2D eigenvalue weighted by molar-refractivity contribution is 8.00. The number of para-hydroxylation sites is 1. The lowest BCUT2D eigenvalue weighted by molar-refractivity contribution is -0.138. The van der Waals surface area contributed by atoms with Crippen molar-refractivity contribution in [3.05, 3.63) is 29.3 Å². The maximum absolute atomic E-state index is 13.1. The van der Waals surface area contributed by atoms with Crippen LogP contribution in [0.3, 0.4) is 0 Å². The summed E-state index contributed by atoms with van der Waals surface area (Å²) in [7, 11) is 1.60. The standard InChI is InChI=1S/C20H31N3O5S/c1-5-15-8-6-7-13(2)19(15)23(14(3)10-28-4)17(24)12-29-11-16(21)20(27)22-9-18(25)26/h6-8,14,16H,5,9-12,21H2,1-4H3,(H,22,27)(H,25,26)/t14-,16-/m0/s1. The van der Waals surface area contributed by atoms with Gasteiger partial charge in [0, 0.05) is 12.9 Å². The molecule has 2 atom stereocenters. The fourth-order valence-corrected chi connectivity index (χ4v) is 3.81. The molecule has 8 nitrogen and oxygen atoms in total. The van der Waals surface area contributed by atoms with Gasteiger partial charge in [-0.3, -0.25) is 14.4 Å². The number of anilines is 1. The first-order chi connectivity index (χ1) is 13.7. The highest BCUT2D eigenvalue weighted by Gasteiger charge is 2.26. The molecule has 0 fully saturated rings. The number of hydrogen-bond acceptors (Lipinski definition) is 6. The second kappa shape index (κ2) is 12.5. The number of rotatable bonds is 12. The molecule has 0 aliphatic carbocycles. The maximum atomic E-state index is 13.1. The first-order valence-electron chi connectivity index (χ1n) is 9.45. The van der Waals surface area contributed by atoms with E-state index in [9.17, 15) is 14.4 Å². The number of nitrogens with zero attached hydrogens (tertiary/aromatic N) is 1. The van der Waals surface area contributed by atoms with E-state index in [-0.39, 0.29) is 23.5 Å². The predicted octanol–water partition coefficient (Wildman–Crippen LogP) is 1.19. The van der Waals surface area contributed by atoms with Crippen LogP contribution in [0.5, 0.6) is 0 Å². The van der Waals surface area contributed by atoms with Crippen LogP contribution in [-0.4, -0.2) is 66.7 Å². The third-order valence-corrected chi connectivity index (χ3v) is 5.38. The predicted molar refractivity (Wildman–Crippen MR) is 115 cm³/mol. The van der Waals surface area contributed by atoms with Crippen molar-refractivity contribution in [2.24, 2.45) is 5.73 Å². The molecule has 0 aliphatic heterocycles. The fraction of sp³-hybridized carbons (Fsp3) is 0.550. The van der Waals surface area contributed by atoms with E-state index >= 15 is 0 Å². The van der Waals surface area contributed by atoms with E-state index in [1.807, 2.05) is 39.0 Å². The molecule has 1 aromatic rings. The number of hydrogen-bond donors (Lipinski definition) is 3. The highest BCUT2D eigenvalue weighted by atomic mass is 32.2. The molecular formula is C20H31N3O5S. The molecule has 0 spiro atoms. The Balaban J connectivity index is 2.85. The summed E-state index contributed by atoms with van der Waals surface area (Å²) in [6.45, 7) is 5.87. The summed E-state index contributed by atoms with van der Waals surface area (Å²) in [6.07, 6.45) is 0.794. The lowest BCUT2D eigenvalue weighted by atomic mass is 10.0. The van der Waals surface area contributed by atoms with E-state index in [1.165, 1.54) is 11.8 Å². The number of ether oxygens (including phenoxy) is 1. The molecule has 0 radical (unpaired) electrons. The number of carboxylic acid groups (broad SMARTS) is 1. The Morgan fingerprint density at radius 3 is 2.62 bits per heavy atom. The quantitative estimate of drug-likeness (QED) is 0.460. The third kappa shape index (κ3) is 7.68. The minimum Gasteiger partial charge on any atom is -0.480 e. The van der Waals surface area contributed by atoms with Gasteiger partial charge in [-0.1, -0.05) is 25.1 Å². The Morgan fingerprint density at radius 1 is 1.34 bits per heavy atom. The summed E-state index contributed by atoms with van der Waals surface area (Å²) >= 11 is 1.24. The summed E-state index contributed by atoms with van der Waals surface area (Å²) in [5.74, 6) is -1.43. The first-order valence-corrected chi connectivity index (χ1v) is 10.6. The van der Waals surface area contributed by atoms with Crippen molar-refractivity contribution in [2.45, 2.75) is 39.3 Å². The van der Waals surface area contributed by atoms with E-state index in [2.05, 4.69) is 5.32 Å². The van der Waals surface area contributed by atoms with Gasteiger partial charge in [-0.15, -0.1) is 11.8 Å². The van der Waals surface area contributed by atoms with Crippen molar-refractivity contribution in [3.63, 3.8) is 0 Å². The lowest BCUT2D eigenvalue weighted by Crippen LogP contribution is -2.45. The monoisotopic (exact) mass is 425 g/mol. The van der Waals surface area contributed by atoms with Gasteiger partial charge in [0.15, 0.2) is 0 Å². The molecule has 0 heterocycles. The Kier molecular flexibility index (Phi) is 10.7. The second-order valence-corrected chi connectivity index (χ2v) is 7.77. The number of nitrogens with one attached hydrogen (secondary N) is 1. The summed E-state index contributed by atoms with van der Waals surface area (Å²) in [5.41, 5.74) is 8.77. The van der Waals surface area contributed by atoms with Gasteiger partial charge in [0.1, 0.15) is 6.54 Å². The van der Waals surface area contributed by atoms with Gasteiger partial charge in [-0.2, -0.15) is 0 Å². The number of carboxylic acids is 1. The average Bonchev–Trinajstić information content (AvgIpc) is 2.67. The Morgan fingerprint density at radius 2 is 2.03 bits per heavy atom. The summed E-state index contributed by atoms with van der Waals surface area (Å²) in [4.78, 5) is 37.1. The summed E-state index contributed by atoms with van der Waals surface area (Å²) in [5, 5.41) is 10.8. The van der Waals surface area contributed by atoms with E-state index in [1.54, 1.807) is 12.0 Å². The molecule has 0 saturated heterocycles. The van der Waals surface area contributed by atoms with Crippen molar-refractivity contribution in [3.8, 4) is 0 Å². The molecule has 4 N–H and O–H groups in total. The Labute approximate surface area is 176 Å². The molecule has 0 aromatic heterocycles. The first kappa shape index (κ1) is 24.9. The van der Waals surface area contributed by atoms with Crippen LogP contribution in [0.1, 0.15) is 25.0 Å². The van der Waals surface area contributed by atoms with Crippen molar-refractivity contribution >= 4 is 35.2 Å². The maximum Gasteiger partial charge on any atom is 0.322 e. The topological polar surface area (TPSA) is 122 Å². The smallest absolute Gasteiger partial charge is 0.322 e. The molecule has 2 amide bonds. The van der Waals surface area contributed by atoms with Crippen LogP contribution < -0.4 is 16.0 Å². The lowest BCUT2D eigenvalue weighted by Gasteiger charge is -2.32. The van der Waals surface area contributed by atoms with Crippen LogP contribution in [0, 0.1) is 6.92 Å². The van der Waals surface area contributed by atoms with Gasteiger partial charge in [0.2, 0.25) is 11.8 Å². The van der Waals surface area contributed by atoms with Crippen molar-refractivity contribution in [2.75, 3.05) is 36.7 Å². The number of amides is 2. The van der Waals surface area contributed by atoms with E-state index < -0.39 is 24.5 Å². The zero-order chi connectivity index (χ0) is 22.0. The number of nitrogens with two attached hydrogens (primary N) is 1. The minimum absolute atomic E-state index is 0.0957. The molecule has 9 heteroatoms. The molecule has 0 bridgehead atoms. The van der Waals surface area contributed by atoms with Crippen LogP contribution in [0.25, 0.3) is 0 Å². The molecule has 0 unspecified atom stereocenters. The van der Waals surface area contributed by atoms with Crippen molar-refractivity contribution in [1.82, 2.24) is 5.32 Å². The SMILES string of the molecule is CCc1cccc(C)c1N(C(=O)CSC[C@H](N)C(=O)NCC(=O)O)[C@@H](C)COC. The van der Waals surface area contributed by atoms with Gasteiger partial charge in [0.25, 0.3) is 0 Å². The van der Waals surface area contributed by atoms with E-state index in [0.717, 1.165) is 23.2 Å². The van der Waals surface area contributed by atoms with Gasteiger partial charge in [-0.25, -0.2) is 0 Å². The van der Waals surface area contributed by atoms with Crippen LogP contribution in [0.2, 0.25) is 0 Å². The third-order valence-electron chi connectivity index (χ3n) is 4.33. The van der Waals surface area contributed by atoms with Gasteiger partial charge in [0.05, 0.1) is 30.1 Å². The van der Waals surface area contributed by atoms with Gasteiger partial charge < -0.3 is 25.8 Å². The molecule has 0 aliphatic rings. The molecule has 1 rings (SSSR count). The second-order valence-electron chi connectivity index (χ2n) is 6.74. The normalized spacial score (nSPS) is 12.9. The van der Waals surface area contributed by atoms with Crippen molar-refractivity contribution in [1.29, 1.82) is 0 Å². The summed E-state index contributed by atoms with van der Waals surface area (Å²) in [6, 6.07) is 4.92. The summed E-state index contributed by atoms with van der Waals surface area (Å²) < 4.78 is 5.27. The number of benzene rings is 1. The molecule has 162 valence electrons. The van der Waals surface area contributed by atoms with Crippen LogP contribution in [0.4, 0.5) is 5.69 Å². The number of carbonyl (C=O) groups excluding carboxylic acids is 2. The van der Waals surface area contributed by atoms with Gasteiger partial charge >= 0.3 is 5.97 Å². The number of thioether (sulfide) groups is 1.